The highest BCUT2D eigenvalue weighted by Crippen LogP contribution is 2.45. The van der Waals surface area contributed by atoms with E-state index in [9.17, 15) is 5.26 Å². The van der Waals surface area contributed by atoms with E-state index in [2.05, 4.69) is 46.5 Å². The average molecular weight is 509 g/mol. The maximum Gasteiger partial charge on any atom is 0.150 e. The molecule has 2 aliphatic rings. The number of aromatic nitrogens is 4. The highest BCUT2D eigenvalue weighted by atomic mass is 32.1. The lowest BCUT2D eigenvalue weighted by Crippen LogP contribution is -2.19. The van der Waals surface area contributed by atoms with E-state index in [0.29, 0.717) is 17.3 Å². The Hall–Kier alpha value is -3.67. The number of nitrogen functional groups attached to an aromatic ring is 1. The van der Waals surface area contributed by atoms with Gasteiger partial charge in [-0.05, 0) is 73.0 Å². The second-order valence-corrected chi connectivity index (χ2v) is 11.0. The summed E-state index contributed by atoms with van der Waals surface area (Å²) in [6, 6.07) is 8.79. The molecule has 186 valence electrons. The minimum atomic E-state index is -0.0601. The number of aryl methyl sites for hydroxylation is 1. The van der Waals surface area contributed by atoms with Gasteiger partial charge in [-0.15, -0.1) is 0 Å². The molecule has 1 atom stereocenters. The fourth-order valence-corrected chi connectivity index (χ4v) is 6.52. The average Bonchev–Trinajstić information content (AvgIpc) is 3.33. The van der Waals surface area contributed by atoms with Crippen LogP contribution in [0.15, 0.2) is 41.4 Å². The van der Waals surface area contributed by atoms with Gasteiger partial charge in [0.1, 0.15) is 17.5 Å². The summed E-state index contributed by atoms with van der Waals surface area (Å²) >= 11 is 1.70. The number of benzene rings is 1. The van der Waals surface area contributed by atoms with Crippen LogP contribution in [0.1, 0.15) is 72.2 Å². The van der Waals surface area contributed by atoms with Gasteiger partial charge in [-0.3, -0.25) is 9.55 Å². The first-order chi connectivity index (χ1) is 18.2. The molecule has 0 radical (unpaired) electrons. The first kappa shape index (κ1) is 22.5. The normalized spacial score (nSPS) is 18.0. The molecule has 7 rings (SSSR count). The fraction of sp³-hybridized carbons (Fsp3) is 0.345. The lowest BCUT2D eigenvalue weighted by Gasteiger charge is -2.23. The van der Waals surface area contributed by atoms with E-state index < -0.39 is 0 Å². The van der Waals surface area contributed by atoms with Crippen molar-refractivity contribution in [2.24, 2.45) is 0 Å². The zero-order valence-electron chi connectivity index (χ0n) is 20.8. The van der Waals surface area contributed by atoms with Crippen LogP contribution < -0.4 is 5.73 Å². The van der Waals surface area contributed by atoms with Crippen LogP contribution in [0.4, 0.5) is 5.82 Å². The standard InChI is InChI=1S/C29H28N6OS/c1-17-5-8-24-23(15-33-35(24)25-4-2-3-10-36-25)27(17)34-28-20(12-18-9-11-37-16-18)26(19-6-7-19)32-14-22(28)21(13-30)29(34)31/h5,8-9,11,14-16,19,25H,2-4,6-7,10,12,31H2,1H3. The number of hydrogen-bond acceptors (Lipinski definition) is 6. The predicted molar refractivity (Wildman–Crippen MR) is 146 cm³/mol. The fourth-order valence-electron chi connectivity index (χ4n) is 5.85. The number of rotatable bonds is 5. The van der Waals surface area contributed by atoms with Crippen LogP contribution in [0.5, 0.6) is 0 Å². The van der Waals surface area contributed by atoms with E-state index in [1.54, 1.807) is 11.3 Å². The van der Waals surface area contributed by atoms with Crippen molar-refractivity contribution < 1.29 is 4.74 Å². The van der Waals surface area contributed by atoms with Gasteiger partial charge in [0, 0.05) is 47.2 Å². The molecule has 1 unspecified atom stereocenters. The summed E-state index contributed by atoms with van der Waals surface area (Å²) in [7, 11) is 0. The Balaban J connectivity index is 1.53. The van der Waals surface area contributed by atoms with Crippen molar-refractivity contribution in [3.05, 3.63) is 69.3 Å². The van der Waals surface area contributed by atoms with Gasteiger partial charge in [0.15, 0.2) is 6.23 Å². The molecule has 37 heavy (non-hydrogen) atoms. The van der Waals surface area contributed by atoms with Gasteiger partial charge in [0.2, 0.25) is 0 Å². The maximum atomic E-state index is 10.2. The Morgan fingerprint density at radius 2 is 2.05 bits per heavy atom. The molecule has 2 N–H and O–H groups in total. The Morgan fingerprint density at radius 1 is 1.16 bits per heavy atom. The molecular weight excluding hydrogens is 480 g/mol. The molecular formula is C29H28N6OS. The van der Waals surface area contributed by atoms with Gasteiger partial charge in [-0.25, -0.2) is 4.68 Å². The van der Waals surface area contributed by atoms with Crippen molar-refractivity contribution >= 4 is 39.0 Å². The molecule has 1 saturated carbocycles. The van der Waals surface area contributed by atoms with Gasteiger partial charge in [-0.1, -0.05) is 6.07 Å². The van der Waals surface area contributed by atoms with Gasteiger partial charge < -0.3 is 10.5 Å². The van der Waals surface area contributed by atoms with Crippen LogP contribution in [0.2, 0.25) is 0 Å². The minimum absolute atomic E-state index is 0.0601. The third-order valence-electron chi connectivity index (χ3n) is 7.82. The molecule has 0 spiro atoms. The van der Waals surface area contributed by atoms with Gasteiger partial charge in [0.05, 0.1) is 22.9 Å². The number of hydrogen-bond donors (Lipinski definition) is 1. The summed E-state index contributed by atoms with van der Waals surface area (Å²) in [5, 5.41) is 21.1. The van der Waals surface area contributed by atoms with Crippen molar-refractivity contribution in [1.82, 2.24) is 19.3 Å². The SMILES string of the molecule is Cc1ccc2c(cnn2C2CCCCO2)c1-n1c(N)c(C#N)c2cnc(C3CC3)c(Cc3ccsc3)c21. The molecule has 2 fully saturated rings. The van der Waals surface area contributed by atoms with Crippen LogP contribution in [0, 0.1) is 18.3 Å². The van der Waals surface area contributed by atoms with Crippen LogP contribution >= 0.6 is 11.3 Å². The molecule has 0 amide bonds. The zero-order valence-corrected chi connectivity index (χ0v) is 21.6. The molecule has 5 heterocycles. The molecule has 1 aliphatic heterocycles. The molecule has 4 aromatic heterocycles. The summed E-state index contributed by atoms with van der Waals surface area (Å²) in [6.45, 7) is 2.86. The predicted octanol–water partition coefficient (Wildman–Crippen LogP) is 6.37. The third-order valence-corrected chi connectivity index (χ3v) is 8.55. The third kappa shape index (κ3) is 3.57. The topological polar surface area (TPSA) is 94.7 Å². The van der Waals surface area contributed by atoms with Crippen molar-refractivity contribution in [2.75, 3.05) is 12.3 Å². The summed E-state index contributed by atoms with van der Waals surface area (Å²) in [5.41, 5.74) is 14.9. The Morgan fingerprint density at radius 3 is 2.78 bits per heavy atom. The van der Waals surface area contributed by atoms with Crippen LogP contribution in [0.3, 0.4) is 0 Å². The van der Waals surface area contributed by atoms with E-state index in [1.165, 1.54) is 11.1 Å². The first-order valence-electron chi connectivity index (χ1n) is 13.0. The van der Waals surface area contributed by atoms with Crippen molar-refractivity contribution in [3.63, 3.8) is 0 Å². The van der Waals surface area contributed by atoms with Gasteiger partial charge in [-0.2, -0.15) is 21.7 Å². The van der Waals surface area contributed by atoms with Gasteiger partial charge >= 0.3 is 0 Å². The number of anilines is 1. The van der Waals surface area contributed by atoms with E-state index in [4.69, 9.17) is 20.6 Å². The molecule has 8 heteroatoms. The minimum Gasteiger partial charge on any atom is -0.384 e. The number of thiophene rings is 1. The molecule has 5 aromatic rings. The van der Waals surface area contributed by atoms with E-state index >= 15 is 0 Å². The van der Waals surface area contributed by atoms with Gasteiger partial charge in [0.25, 0.3) is 0 Å². The van der Waals surface area contributed by atoms with Crippen LogP contribution in [0.25, 0.3) is 27.5 Å². The van der Waals surface area contributed by atoms with Crippen molar-refractivity contribution in [3.8, 4) is 11.8 Å². The second kappa shape index (κ2) is 8.72. The maximum absolute atomic E-state index is 10.2. The number of nitriles is 1. The number of nitrogens with zero attached hydrogens (tertiary/aromatic N) is 5. The zero-order chi connectivity index (χ0) is 25.1. The van der Waals surface area contributed by atoms with Crippen molar-refractivity contribution in [2.45, 2.75) is 57.6 Å². The molecule has 1 saturated heterocycles. The molecule has 7 nitrogen and oxygen atoms in total. The lowest BCUT2D eigenvalue weighted by molar-refractivity contribution is -0.0366. The molecule has 1 aromatic carbocycles. The first-order valence-corrected chi connectivity index (χ1v) is 13.9. The highest BCUT2D eigenvalue weighted by molar-refractivity contribution is 7.07. The summed E-state index contributed by atoms with van der Waals surface area (Å²) < 4.78 is 10.2. The largest absolute Gasteiger partial charge is 0.384 e. The van der Waals surface area contributed by atoms with Crippen molar-refractivity contribution in [1.29, 1.82) is 5.26 Å². The summed E-state index contributed by atoms with van der Waals surface area (Å²) in [6.07, 6.45) is 9.97. The van der Waals surface area contributed by atoms with E-state index in [0.717, 1.165) is 83.9 Å². The molecule has 0 bridgehead atoms. The Bertz CT molecular complexity index is 1680. The second-order valence-electron chi connectivity index (χ2n) is 10.2. The monoisotopic (exact) mass is 508 g/mol. The number of pyridine rings is 1. The van der Waals surface area contributed by atoms with E-state index in [-0.39, 0.29) is 6.23 Å². The Labute approximate surface area is 219 Å². The van der Waals surface area contributed by atoms with E-state index in [1.807, 2.05) is 17.1 Å². The smallest absolute Gasteiger partial charge is 0.150 e. The van der Waals surface area contributed by atoms with Crippen LogP contribution in [-0.4, -0.2) is 25.9 Å². The quantitative estimate of drug-likeness (QED) is 0.298. The Kier molecular flexibility index (Phi) is 5.31. The van der Waals surface area contributed by atoms with Crippen LogP contribution in [-0.2, 0) is 11.2 Å². The number of nitrogens with two attached hydrogens (primary N) is 1. The summed E-state index contributed by atoms with van der Waals surface area (Å²) in [5.74, 6) is 0.923. The lowest BCUT2D eigenvalue weighted by atomic mass is 10.00. The highest BCUT2D eigenvalue weighted by Gasteiger charge is 2.32. The molecule has 1 aliphatic carbocycles. The summed E-state index contributed by atoms with van der Waals surface area (Å²) in [4.78, 5) is 4.91. The number of fused-ring (bicyclic) bond motifs is 2. The number of ether oxygens (including phenoxy) is 1.